The van der Waals surface area contributed by atoms with Crippen LogP contribution >= 0.6 is 23.2 Å². The number of rotatable bonds is 2. The number of halogens is 2. The van der Waals surface area contributed by atoms with Gasteiger partial charge in [0.05, 0.1) is 15.6 Å². The first-order valence-corrected chi connectivity index (χ1v) is 6.09. The molecule has 1 aliphatic rings. The highest BCUT2D eigenvalue weighted by atomic mass is 35.5. The maximum Gasteiger partial charge on any atom is 0.0826 e. The summed E-state index contributed by atoms with van der Waals surface area (Å²) in [5.74, 6) is 0. The molecule has 2 nitrogen and oxygen atoms in total. The second kappa shape index (κ2) is 4.53. The Hall–Kier alpha value is -0.280. The average molecular weight is 260 g/mol. The molecule has 1 aromatic rings. The molecule has 1 aromatic carbocycles. The first kappa shape index (κ1) is 12.2. The third-order valence-electron chi connectivity index (χ3n) is 3.04. The predicted octanol–water partition coefficient (Wildman–Crippen LogP) is 2.60. The summed E-state index contributed by atoms with van der Waals surface area (Å²) in [6.07, 6.45) is 1.44. The van der Waals surface area contributed by atoms with Crippen molar-refractivity contribution in [3.05, 3.63) is 33.8 Å². The van der Waals surface area contributed by atoms with E-state index in [1.807, 2.05) is 19.2 Å². The molecule has 0 aliphatic carbocycles. The third-order valence-corrected chi connectivity index (χ3v) is 3.78. The Labute approximate surface area is 106 Å². The average Bonchev–Trinajstić information content (AvgIpc) is 2.52. The molecule has 1 N–H and O–H groups in total. The monoisotopic (exact) mass is 259 g/mol. The Morgan fingerprint density at radius 1 is 1.38 bits per heavy atom. The van der Waals surface area contributed by atoms with Gasteiger partial charge >= 0.3 is 0 Å². The summed E-state index contributed by atoms with van der Waals surface area (Å²) in [6.45, 7) is 1.66. The van der Waals surface area contributed by atoms with Gasteiger partial charge in [0.1, 0.15) is 0 Å². The van der Waals surface area contributed by atoms with E-state index in [4.69, 9.17) is 23.2 Å². The molecule has 1 atom stereocenters. The first-order chi connectivity index (χ1) is 7.48. The van der Waals surface area contributed by atoms with Crippen molar-refractivity contribution < 1.29 is 5.11 Å². The quantitative estimate of drug-likeness (QED) is 0.883. The van der Waals surface area contributed by atoms with E-state index < -0.39 is 5.60 Å². The van der Waals surface area contributed by atoms with Crippen molar-refractivity contribution in [2.24, 2.45) is 0 Å². The molecule has 1 fully saturated rings. The van der Waals surface area contributed by atoms with Crippen molar-refractivity contribution in [2.75, 3.05) is 20.1 Å². The molecule has 0 amide bonds. The summed E-state index contributed by atoms with van der Waals surface area (Å²) >= 11 is 11.8. The molecule has 1 unspecified atom stereocenters. The van der Waals surface area contributed by atoms with Crippen LogP contribution in [0.4, 0.5) is 0 Å². The Kier molecular flexibility index (Phi) is 3.45. The molecule has 0 saturated carbocycles. The molecule has 2 rings (SSSR count). The van der Waals surface area contributed by atoms with Crippen LogP contribution in [-0.2, 0) is 6.42 Å². The minimum atomic E-state index is -0.619. The third kappa shape index (κ3) is 2.69. The van der Waals surface area contributed by atoms with E-state index in [0.717, 1.165) is 18.5 Å². The first-order valence-electron chi connectivity index (χ1n) is 5.33. The molecule has 1 heterocycles. The van der Waals surface area contributed by atoms with Crippen LogP contribution in [-0.4, -0.2) is 35.7 Å². The molecular formula is C12H15Cl2NO. The molecule has 0 spiro atoms. The molecule has 0 aromatic heterocycles. The number of likely N-dealkylation sites (tertiary alicyclic amines) is 1. The van der Waals surface area contributed by atoms with Crippen LogP contribution in [0, 0.1) is 0 Å². The standard InChI is InChI=1S/C12H15Cl2NO/c1-15-5-4-12(16,8-15)7-9-2-3-10(13)11(14)6-9/h2-3,6,16H,4-5,7-8H2,1H3. The summed E-state index contributed by atoms with van der Waals surface area (Å²) in [7, 11) is 2.02. The predicted molar refractivity (Wildman–Crippen MR) is 67.2 cm³/mol. The summed E-state index contributed by atoms with van der Waals surface area (Å²) in [4.78, 5) is 2.14. The molecule has 0 bridgehead atoms. The van der Waals surface area contributed by atoms with Gasteiger partial charge in [0.15, 0.2) is 0 Å². The molecule has 1 aliphatic heterocycles. The van der Waals surface area contributed by atoms with Crippen molar-refractivity contribution >= 4 is 23.2 Å². The van der Waals surface area contributed by atoms with Crippen LogP contribution in [0.3, 0.4) is 0 Å². The van der Waals surface area contributed by atoms with Crippen molar-refractivity contribution in [3.8, 4) is 0 Å². The van der Waals surface area contributed by atoms with E-state index in [9.17, 15) is 5.11 Å². The second-order valence-corrected chi connectivity index (χ2v) is 5.45. The van der Waals surface area contributed by atoms with E-state index in [2.05, 4.69) is 4.90 Å². The lowest BCUT2D eigenvalue weighted by molar-refractivity contribution is 0.0523. The van der Waals surface area contributed by atoms with Gasteiger partial charge in [0.25, 0.3) is 0 Å². The summed E-state index contributed by atoms with van der Waals surface area (Å²) in [5.41, 5.74) is 0.415. The highest BCUT2D eigenvalue weighted by Gasteiger charge is 2.34. The van der Waals surface area contributed by atoms with E-state index in [-0.39, 0.29) is 0 Å². The van der Waals surface area contributed by atoms with Gasteiger partial charge in [-0.2, -0.15) is 0 Å². The van der Waals surface area contributed by atoms with Crippen molar-refractivity contribution in [1.29, 1.82) is 0 Å². The zero-order valence-electron chi connectivity index (χ0n) is 9.21. The fraction of sp³-hybridized carbons (Fsp3) is 0.500. The topological polar surface area (TPSA) is 23.5 Å². The highest BCUT2D eigenvalue weighted by molar-refractivity contribution is 6.42. The summed E-state index contributed by atoms with van der Waals surface area (Å²) in [5, 5.41) is 11.5. The normalized spacial score (nSPS) is 26.2. The molecular weight excluding hydrogens is 245 g/mol. The lowest BCUT2D eigenvalue weighted by Gasteiger charge is -2.22. The van der Waals surface area contributed by atoms with Gasteiger partial charge in [-0.05, 0) is 31.2 Å². The van der Waals surface area contributed by atoms with Crippen LogP contribution in [0.5, 0.6) is 0 Å². The van der Waals surface area contributed by atoms with Crippen molar-refractivity contribution in [3.63, 3.8) is 0 Å². The van der Waals surface area contributed by atoms with Crippen LogP contribution in [0.15, 0.2) is 18.2 Å². The van der Waals surface area contributed by atoms with E-state index in [1.54, 1.807) is 6.07 Å². The lowest BCUT2D eigenvalue weighted by Crippen LogP contribution is -2.34. The highest BCUT2D eigenvalue weighted by Crippen LogP contribution is 2.28. The number of β-amino-alcohol motifs (C(OH)–C–C–N with tert-alkyl or cyclic N) is 1. The number of hydrogen-bond acceptors (Lipinski definition) is 2. The van der Waals surface area contributed by atoms with Crippen LogP contribution in [0.25, 0.3) is 0 Å². The molecule has 16 heavy (non-hydrogen) atoms. The van der Waals surface area contributed by atoms with Crippen LogP contribution in [0.2, 0.25) is 10.0 Å². The zero-order chi connectivity index (χ0) is 11.8. The number of nitrogens with zero attached hydrogens (tertiary/aromatic N) is 1. The van der Waals surface area contributed by atoms with Gasteiger partial charge in [0, 0.05) is 19.5 Å². The fourth-order valence-electron chi connectivity index (χ4n) is 2.23. The van der Waals surface area contributed by atoms with Crippen molar-refractivity contribution in [2.45, 2.75) is 18.4 Å². The maximum absolute atomic E-state index is 10.4. The Balaban J connectivity index is 2.12. The molecule has 88 valence electrons. The van der Waals surface area contributed by atoms with E-state index in [1.165, 1.54) is 0 Å². The lowest BCUT2D eigenvalue weighted by atomic mass is 9.94. The smallest absolute Gasteiger partial charge is 0.0826 e. The van der Waals surface area contributed by atoms with Crippen LogP contribution in [0.1, 0.15) is 12.0 Å². The number of hydrogen-bond donors (Lipinski definition) is 1. The number of likely N-dealkylation sites (N-methyl/N-ethyl adjacent to an activating group) is 1. The zero-order valence-corrected chi connectivity index (χ0v) is 10.7. The number of benzene rings is 1. The molecule has 4 heteroatoms. The fourth-order valence-corrected chi connectivity index (χ4v) is 2.55. The largest absolute Gasteiger partial charge is 0.388 e. The molecule has 1 saturated heterocycles. The maximum atomic E-state index is 10.4. The second-order valence-electron chi connectivity index (χ2n) is 4.64. The Bertz CT molecular complexity index is 397. The minimum absolute atomic E-state index is 0.550. The molecule has 0 radical (unpaired) electrons. The Morgan fingerprint density at radius 3 is 2.69 bits per heavy atom. The Morgan fingerprint density at radius 2 is 2.12 bits per heavy atom. The summed E-state index contributed by atoms with van der Waals surface area (Å²) < 4.78 is 0. The van der Waals surface area contributed by atoms with Gasteiger partial charge in [0.2, 0.25) is 0 Å². The van der Waals surface area contributed by atoms with Crippen molar-refractivity contribution in [1.82, 2.24) is 4.90 Å². The van der Waals surface area contributed by atoms with Gasteiger partial charge in [-0.1, -0.05) is 29.3 Å². The van der Waals surface area contributed by atoms with Gasteiger partial charge in [-0.15, -0.1) is 0 Å². The van der Waals surface area contributed by atoms with E-state index >= 15 is 0 Å². The SMILES string of the molecule is CN1CCC(O)(Cc2ccc(Cl)c(Cl)c2)C1. The summed E-state index contributed by atoms with van der Waals surface area (Å²) in [6, 6.07) is 5.53. The minimum Gasteiger partial charge on any atom is -0.388 e. The van der Waals surface area contributed by atoms with Gasteiger partial charge in [-0.3, -0.25) is 0 Å². The van der Waals surface area contributed by atoms with Crippen LogP contribution < -0.4 is 0 Å². The number of aliphatic hydroxyl groups is 1. The van der Waals surface area contributed by atoms with Gasteiger partial charge < -0.3 is 10.0 Å². The van der Waals surface area contributed by atoms with Gasteiger partial charge in [-0.25, -0.2) is 0 Å². The van der Waals surface area contributed by atoms with E-state index in [0.29, 0.717) is 23.0 Å².